The molecular formula is C94H54N4O2S2. The summed E-state index contributed by atoms with van der Waals surface area (Å²) in [5, 5.41) is 4.39. The molecule has 0 saturated heterocycles. The summed E-state index contributed by atoms with van der Waals surface area (Å²) in [5.41, 5.74) is 26.8. The predicted molar refractivity (Wildman–Crippen MR) is 415 cm³/mol. The van der Waals surface area contributed by atoms with Crippen molar-refractivity contribution in [2.24, 2.45) is 0 Å². The van der Waals surface area contributed by atoms with Crippen molar-refractivity contribution in [3.05, 3.63) is 372 Å². The molecule has 474 valence electrons. The Morgan fingerprint density at radius 3 is 1.51 bits per heavy atom. The van der Waals surface area contributed by atoms with E-state index in [1.165, 1.54) is 65.4 Å². The van der Waals surface area contributed by atoms with Crippen LogP contribution in [0, 0.1) is 0 Å². The SMILES string of the molecule is c1ccc(-c2cc(-c3ccc4oc5ccc6c(c5c4c3)Sc3ccccc3C63c4ccccc4-c4cc(-c5cccc(-c6nc(-c7ccccc7)cc(-c7cccc8c7sc7ccc9c(c78)Oc7ccccc7C97c8ccccc8-c8ccccc87)n6)c5)ccc43)nc(-c3ccccc3)n2)cc1. The molecule has 6 nitrogen and oxygen atoms in total. The summed E-state index contributed by atoms with van der Waals surface area (Å²) >= 11 is 3.64. The number of rotatable bonds is 7. The van der Waals surface area contributed by atoms with E-state index in [9.17, 15) is 0 Å². The van der Waals surface area contributed by atoms with E-state index in [1.807, 2.05) is 36.0 Å². The van der Waals surface area contributed by atoms with Crippen LogP contribution in [0.3, 0.4) is 0 Å². The van der Waals surface area contributed by atoms with Crippen LogP contribution in [0.5, 0.6) is 11.5 Å². The zero-order valence-corrected chi connectivity index (χ0v) is 56.2. The number of thiophene rings is 1. The van der Waals surface area contributed by atoms with Crippen molar-refractivity contribution in [2.75, 3.05) is 0 Å². The van der Waals surface area contributed by atoms with Crippen molar-refractivity contribution < 1.29 is 9.15 Å². The van der Waals surface area contributed by atoms with Gasteiger partial charge in [0.1, 0.15) is 22.7 Å². The standard InChI is InChI=1S/C94H54N4O2S2/c1-4-22-55(23-5-1)77-53-79(97-91(95-77)57-26-8-3-9-27-57)60-43-47-81-68(52-60)86-83(99-81)48-45-76-90(86)101-84-41-19-17-39-74(84)94(76)71-37-15-12-32-64(71)67-51-59(42-44-72(67)94)58-28-20-29-61(50-58)92-96-78(56-24-6-2-7-25-56)54-80(98-92)65-33-21-34-66-87-85(102-89(65)66)49-46-75-88(87)100-82-40-18-16-38-73(82)93(75)69-35-13-10-30-62(69)63-31-11-14-36-70(63)93/h1-54H. The van der Waals surface area contributed by atoms with E-state index in [2.05, 4.69) is 303 Å². The molecule has 2 aliphatic heterocycles. The second-order valence-corrected chi connectivity index (χ2v) is 29.0. The Bertz CT molecular complexity index is 6500. The van der Waals surface area contributed by atoms with Crippen LogP contribution >= 0.6 is 23.1 Å². The van der Waals surface area contributed by atoms with Crippen LogP contribution in [-0.2, 0) is 10.8 Å². The smallest absolute Gasteiger partial charge is 0.160 e. The van der Waals surface area contributed by atoms with Gasteiger partial charge in [0.25, 0.3) is 0 Å². The molecule has 0 N–H and O–H groups in total. The highest BCUT2D eigenvalue weighted by Gasteiger charge is 2.53. The van der Waals surface area contributed by atoms with Gasteiger partial charge in [0, 0.05) is 85.2 Å². The van der Waals surface area contributed by atoms with Gasteiger partial charge in [0.15, 0.2) is 11.6 Å². The molecule has 0 saturated carbocycles. The third-order valence-electron chi connectivity index (χ3n) is 21.7. The minimum atomic E-state index is -0.644. The first kappa shape index (κ1) is 57.3. The van der Waals surface area contributed by atoms with Crippen molar-refractivity contribution >= 4 is 65.2 Å². The molecule has 1 atom stereocenters. The highest BCUT2D eigenvalue weighted by atomic mass is 32.2. The average molecular weight is 1340 g/mol. The number of aromatic nitrogens is 4. The van der Waals surface area contributed by atoms with Crippen LogP contribution in [0.4, 0.5) is 0 Å². The first-order valence-electron chi connectivity index (χ1n) is 34.6. The lowest BCUT2D eigenvalue weighted by atomic mass is 9.66. The average Bonchev–Trinajstić information content (AvgIpc) is 1.49. The van der Waals surface area contributed by atoms with Crippen molar-refractivity contribution in [2.45, 2.75) is 20.6 Å². The van der Waals surface area contributed by atoms with Gasteiger partial charge in [0.2, 0.25) is 0 Å². The molecule has 4 aromatic heterocycles. The van der Waals surface area contributed by atoms with E-state index < -0.39 is 10.8 Å². The number of fused-ring (bicyclic) bond motifs is 26. The minimum absolute atomic E-state index is 0.570. The minimum Gasteiger partial charge on any atom is -0.456 e. The fraction of sp³-hybridized carbons (Fsp3) is 0.0213. The molecule has 4 aliphatic rings. The van der Waals surface area contributed by atoms with Gasteiger partial charge in [0.05, 0.1) is 33.6 Å². The normalized spacial score (nSPS) is 14.6. The number of hydrogen-bond acceptors (Lipinski definition) is 8. The molecule has 6 heterocycles. The second kappa shape index (κ2) is 22.0. The summed E-state index contributed by atoms with van der Waals surface area (Å²) in [6.07, 6.45) is 0. The van der Waals surface area contributed by atoms with Crippen LogP contribution in [-0.4, -0.2) is 19.9 Å². The predicted octanol–water partition coefficient (Wildman–Crippen LogP) is 24.5. The summed E-state index contributed by atoms with van der Waals surface area (Å²) < 4.78 is 16.4. The number of hydrogen-bond donors (Lipinski definition) is 0. The van der Waals surface area contributed by atoms with E-state index in [0.29, 0.717) is 11.6 Å². The number of ether oxygens (including phenoxy) is 1. The fourth-order valence-electron chi connectivity index (χ4n) is 17.3. The van der Waals surface area contributed by atoms with Gasteiger partial charge >= 0.3 is 0 Å². The molecule has 102 heavy (non-hydrogen) atoms. The highest BCUT2D eigenvalue weighted by Crippen LogP contribution is 2.66. The Labute approximate surface area is 595 Å². The Kier molecular flexibility index (Phi) is 12.3. The molecule has 1 unspecified atom stereocenters. The largest absolute Gasteiger partial charge is 0.456 e. The number of furan rings is 1. The van der Waals surface area contributed by atoms with Crippen molar-refractivity contribution in [3.63, 3.8) is 0 Å². The molecule has 0 amide bonds. The first-order valence-corrected chi connectivity index (χ1v) is 36.2. The van der Waals surface area contributed by atoms with Crippen molar-refractivity contribution in [1.82, 2.24) is 19.9 Å². The monoisotopic (exact) mass is 1330 g/mol. The summed E-state index contributed by atoms with van der Waals surface area (Å²) in [5.74, 6) is 3.11. The van der Waals surface area contributed by atoms with Gasteiger partial charge in [-0.3, -0.25) is 0 Å². The molecule has 8 heteroatoms. The van der Waals surface area contributed by atoms with Crippen LogP contribution in [0.2, 0.25) is 0 Å². The van der Waals surface area contributed by atoms with E-state index >= 15 is 0 Å². The number of benzene rings is 14. The quantitative estimate of drug-likeness (QED) is 0.157. The second-order valence-electron chi connectivity index (χ2n) is 26.9. The molecule has 22 rings (SSSR count). The summed E-state index contributed by atoms with van der Waals surface area (Å²) in [6, 6.07) is 118. The Hall–Kier alpha value is -12.6. The molecule has 0 bridgehead atoms. The van der Waals surface area contributed by atoms with Crippen LogP contribution in [0.1, 0.15) is 44.5 Å². The number of para-hydroxylation sites is 1. The van der Waals surface area contributed by atoms with E-state index in [1.54, 1.807) is 11.3 Å². The Balaban J connectivity index is 0.674. The molecule has 0 fully saturated rings. The molecule has 14 aromatic carbocycles. The zero-order valence-electron chi connectivity index (χ0n) is 54.6. The molecular weight excluding hydrogens is 1280 g/mol. The van der Waals surface area contributed by atoms with E-state index in [4.69, 9.17) is 29.1 Å². The molecule has 18 aromatic rings. The van der Waals surface area contributed by atoms with Crippen LogP contribution in [0.15, 0.2) is 342 Å². The fourth-order valence-corrected chi connectivity index (χ4v) is 19.9. The highest BCUT2D eigenvalue weighted by molar-refractivity contribution is 7.99. The lowest BCUT2D eigenvalue weighted by Gasteiger charge is -2.39. The van der Waals surface area contributed by atoms with Gasteiger partial charge in [-0.25, -0.2) is 19.9 Å². The summed E-state index contributed by atoms with van der Waals surface area (Å²) in [7, 11) is 0. The zero-order chi connectivity index (χ0) is 66.8. The Morgan fingerprint density at radius 1 is 0.284 bits per heavy atom. The van der Waals surface area contributed by atoms with Crippen molar-refractivity contribution in [3.8, 4) is 113 Å². The van der Waals surface area contributed by atoms with Gasteiger partial charge in [-0.05, 0) is 133 Å². The van der Waals surface area contributed by atoms with Gasteiger partial charge in [-0.15, -0.1) is 11.3 Å². The summed E-state index contributed by atoms with van der Waals surface area (Å²) in [4.78, 5) is 23.8. The van der Waals surface area contributed by atoms with E-state index in [-0.39, 0.29) is 0 Å². The Morgan fingerprint density at radius 2 is 0.784 bits per heavy atom. The van der Waals surface area contributed by atoms with Crippen LogP contribution < -0.4 is 4.74 Å². The van der Waals surface area contributed by atoms with E-state index in [0.717, 1.165) is 132 Å². The lowest BCUT2D eigenvalue weighted by molar-refractivity contribution is 0.442. The molecule has 0 radical (unpaired) electrons. The molecule has 2 spiro atoms. The maximum absolute atomic E-state index is 7.26. The topological polar surface area (TPSA) is 73.9 Å². The maximum atomic E-state index is 7.26. The third-order valence-corrected chi connectivity index (χ3v) is 24.1. The maximum Gasteiger partial charge on any atom is 0.160 e. The lowest BCUT2D eigenvalue weighted by Crippen LogP contribution is -2.32. The van der Waals surface area contributed by atoms with Gasteiger partial charge < -0.3 is 9.15 Å². The van der Waals surface area contributed by atoms with Crippen LogP contribution in [0.25, 0.3) is 143 Å². The first-order chi connectivity index (χ1) is 50.5. The van der Waals surface area contributed by atoms with Gasteiger partial charge in [-0.1, -0.05) is 273 Å². The molecule has 2 aliphatic carbocycles. The van der Waals surface area contributed by atoms with Crippen molar-refractivity contribution in [1.29, 1.82) is 0 Å². The third kappa shape index (κ3) is 8.18. The summed E-state index contributed by atoms with van der Waals surface area (Å²) in [6.45, 7) is 0. The number of nitrogens with zero attached hydrogens (tertiary/aromatic N) is 4. The van der Waals surface area contributed by atoms with Gasteiger partial charge in [-0.2, -0.15) is 0 Å².